The Bertz CT molecular complexity index is 4060. The third-order valence-corrected chi connectivity index (χ3v) is 14.4. The van der Waals surface area contributed by atoms with Gasteiger partial charge >= 0.3 is 0 Å². The molecule has 0 unspecified atom stereocenters. The Hall–Kier alpha value is -9.58. The summed E-state index contributed by atoms with van der Waals surface area (Å²) in [5.74, 6) is 0.873. The number of allylic oxidation sites excluding steroid dienone is 3. The predicted molar refractivity (Wildman–Crippen MR) is 317 cm³/mol. The van der Waals surface area contributed by atoms with Gasteiger partial charge in [0.2, 0.25) is 0 Å². The van der Waals surface area contributed by atoms with E-state index < -0.39 is 0 Å². The summed E-state index contributed by atoms with van der Waals surface area (Å²) in [7, 11) is 2.13. The fraction of sp³-hybridized carbons (Fsp3) is 0.0571. The first-order valence-electron chi connectivity index (χ1n) is 25.8. The van der Waals surface area contributed by atoms with Crippen LogP contribution >= 0.6 is 0 Å². The zero-order chi connectivity index (χ0) is 50.5. The molecule has 0 amide bonds. The summed E-state index contributed by atoms with van der Waals surface area (Å²) in [6, 6.07) is 92.3. The maximum Gasteiger partial charge on any atom is 0.154 e. The largest absolute Gasteiger partial charge is 0.353 e. The number of likely N-dealkylation sites (N-methyl/N-ethyl adjacent to an activating group) is 1. The summed E-state index contributed by atoms with van der Waals surface area (Å²) in [4.78, 5) is 7.57. The lowest BCUT2D eigenvalue weighted by molar-refractivity contribution is 0.566. The smallest absolute Gasteiger partial charge is 0.154 e. The Kier molecular flexibility index (Phi) is 12.9. The molecule has 2 aromatic heterocycles. The molecule has 0 radical (unpaired) electrons. The number of amidine groups is 2. The van der Waals surface area contributed by atoms with Gasteiger partial charge < -0.3 is 14.0 Å². The maximum absolute atomic E-state index is 9.70. The van der Waals surface area contributed by atoms with E-state index in [0.717, 1.165) is 90.8 Å². The Morgan fingerprint density at radius 2 is 0.933 bits per heavy atom. The lowest BCUT2D eigenvalue weighted by Gasteiger charge is -2.27. The third-order valence-electron chi connectivity index (χ3n) is 14.4. The number of nitrogens with zero attached hydrogens (tertiary/aromatic N) is 4. The van der Waals surface area contributed by atoms with Crippen molar-refractivity contribution in [3.63, 3.8) is 0 Å². The number of nitrogens with one attached hydrogen (secondary N) is 1. The van der Waals surface area contributed by atoms with Gasteiger partial charge in [-0.3, -0.25) is 5.41 Å². The molecule has 1 N–H and O–H groups in total. The van der Waals surface area contributed by atoms with Crippen LogP contribution in [0.5, 0.6) is 0 Å². The van der Waals surface area contributed by atoms with E-state index in [0.29, 0.717) is 12.4 Å². The van der Waals surface area contributed by atoms with Crippen molar-refractivity contribution in [2.45, 2.75) is 12.8 Å². The molecule has 2 heterocycles. The number of para-hydroxylation sites is 3. The summed E-state index contributed by atoms with van der Waals surface area (Å²) in [6.45, 7) is 0.433. The molecular weight excluding hydrogens is 911 g/mol. The van der Waals surface area contributed by atoms with Crippen LogP contribution < -0.4 is 0 Å². The summed E-state index contributed by atoms with van der Waals surface area (Å²) in [5.41, 5.74) is 16.4. The molecule has 0 bridgehead atoms. The van der Waals surface area contributed by atoms with E-state index in [1.807, 2.05) is 24.3 Å². The fourth-order valence-corrected chi connectivity index (χ4v) is 10.7. The van der Waals surface area contributed by atoms with Crippen LogP contribution in [0.15, 0.2) is 278 Å². The van der Waals surface area contributed by atoms with Crippen molar-refractivity contribution in [3.8, 4) is 27.9 Å². The van der Waals surface area contributed by atoms with Crippen LogP contribution in [-0.2, 0) is 6.42 Å². The van der Waals surface area contributed by atoms with Crippen molar-refractivity contribution >= 4 is 66.6 Å². The normalized spacial score (nSPS) is 12.3. The van der Waals surface area contributed by atoms with Crippen LogP contribution in [0.1, 0.15) is 28.7 Å². The average molecular weight is 966 g/mol. The minimum absolute atomic E-state index is 0.184. The van der Waals surface area contributed by atoms with Gasteiger partial charge in [0.1, 0.15) is 5.84 Å². The van der Waals surface area contributed by atoms with E-state index in [9.17, 15) is 5.41 Å². The first kappa shape index (κ1) is 46.5. The van der Waals surface area contributed by atoms with Crippen LogP contribution in [0.3, 0.4) is 0 Å². The zero-order valence-electron chi connectivity index (χ0n) is 41.9. The van der Waals surface area contributed by atoms with Gasteiger partial charge in [-0.1, -0.05) is 249 Å². The molecule has 0 atom stereocenters. The number of hydrogen-bond acceptors (Lipinski definition) is 1. The highest BCUT2D eigenvalue weighted by Crippen LogP contribution is 2.43. The van der Waals surface area contributed by atoms with Gasteiger partial charge in [0.25, 0.3) is 0 Å². The van der Waals surface area contributed by atoms with Crippen LogP contribution in [-0.4, -0.2) is 39.3 Å². The van der Waals surface area contributed by atoms with Crippen molar-refractivity contribution in [1.29, 1.82) is 5.41 Å². The van der Waals surface area contributed by atoms with Gasteiger partial charge in [0.05, 0.1) is 34.3 Å². The van der Waals surface area contributed by atoms with Gasteiger partial charge in [-0.2, -0.15) is 0 Å². The molecule has 5 heteroatoms. The van der Waals surface area contributed by atoms with E-state index in [4.69, 9.17) is 4.99 Å². The molecule has 5 nitrogen and oxygen atoms in total. The molecule has 0 fully saturated rings. The molecule has 0 aliphatic carbocycles. The Labute approximate surface area is 438 Å². The van der Waals surface area contributed by atoms with E-state index in [1.165, 1.54) is 27.1 Å². The number of fused-ring (bicyclic) bond motifs is 7. The molecule has 0 saturated heterocycles. The second-order valence-electron chi connectivity index (χ2n) is 19.1. The van der Waals surface area contributed by atoms with E-state index in [2.05, 4.69) is 270 Å². The summed E-state index contributed by atoms with van der Waals surface area (Å²) in [5, 5.41) is 14.4. The predicted octanol–water partition coefficient (Wildman–Crippen LogP) is 17.2. The highest BCUT2D eigenvalue weighted by molar-refractivity contribution is 6.25. The van der Waals surface area contributed by atoms with Gasteiger partial charge in [-0.15, -0.1) is 0 Å². The molecular formula is C70H55N5. The van der Waals surface area contributed by atoms with Gasteiger partial charge in [0, 0.05) is 51.0 Å². The second-order valence-corrected chi connectivity index (χ2v) is 19.1. The number of aromatic nitrogens is 2. The van der Waals surface area contributed by atoms with Gasteiger partial charge in [-0.25, -0.2) is 4.99 Å². The van der Waals surface area contributed by atoms with Crippen LogP contribution in [0.2, 0.25) is 0 Å². The summed E-state index contributed by atoms with van der Waals surface area (Å²) < 4.78 is 4.99. The molecule has 75 heavy (non-hydrogen) atoms. The molecule has 0 saturated carbocycles. The summed E-state index contributed by atoms with van der Waals surface area (Å²) >= 11 is 0. The van der Waals surface area contributed by atoms with E-state index in [1.54, 1.807) is 0 Å². The minimum atomic E-state index is 0.184. The van der Waals surface area contributed by atoms with Crippen LogP contribution in [0.25, 0.3) is 82.8 Å². The Morgan fingerprint density at radius 3 is 1.55 bits per heavy atom. The monoisotopic (exact) mass is 965 g/mol. The number of hydrogen-bond donors (Lipinski definition) is 1. The van der Waals surface area contributed by atoms with E-state index >= 15 is 0 Å². The highest BCUT2D eigenvalue weighted by Gasteiger charge is 2.25. The van der Waals surface area contributed by atoms with Crippen molar-refractivity contribution in [2.75, 3.05) is 13.6 Å². The topological polar surface area (TPSA) is 49.3 Å². The molecule has 0 aliphatic heterocycles. The molecule has 10 aromatic carbocycles. The molecule has 0 spiro atoms. The zero-order valence-corrected chi connectivity index (χ0v) is 41.9. The number of aliphatic imine (C=N–C) groups is 1. The summed E-state index contributed by atoms with van der Waals surface area (Å²) in [6.07, 6.45) is 6.47. The fourth-order valence-electron chi connectivity index (χ4n) is 10.7. The molecule has 12 aromatic rings. The highest BCUT2D eigenvalue weighted by atomic mass is 15.2. The van der Waals surface area contributed by atoms with Gasteiger partial charge in [-0.05, 0) is 70.5 Å². The van der Waals surface area contributed by atoms with Crippen molar-refractivity contribution in [1.82, 2.24) is 14.0 Å². The lowest BCUT2D eigenvalue weighted by Crippen LogP contribution is -2.31. The molecule has 12 rings (SSSR count). The van der Waals surface area contributed by atoms with Crippen molar-refractivity contribution < 1.29 is 0 Å². The number of rotatable bonds is 13. The average Bonchev–Trinajstić information content (AvgIpc) is 4.06. The maximum atomic E-state index is 9.70. The van der Waals surface area contributed by atoms with E-state index in [-0.39, 0.29) is 5.84 Å². The number of benzene rings is 10. The minimum Gasteiger partial charge on any atom is -0.353 e. The first-order chi connectivity index (χ1) is 37.1. The quantitative estimate of drug-likeness (QED) is 0.0699. The Balaban J connectivity index is 1.10. The molecule has 360 valence electrons. The van der Waals surface area contributed by atoms with Crippen molar-refractivity contribution in [2.24, 2.45) is 4.99 Å². The lowest BCUT2D eigenvalue weighted by atomic mass is 10.0. The third kappa shape index (κ3) is 9.28. The van der Waals surface area contributed by atoms with Crippen LogP contribution in [0.4, 0.5) is 0 Å². The molecule has 0 aliphatic rings. The number of aryl methyl sites for hydroxylation is 1. The van der Waals surface area contributed by atoms with Crippen LogP contribution in [0, 0.1) is 5.41 Å². The second kappa shape index (κ2) is 20.9. The first-order valence-corrected chi connectivity index (χ1v) is 25.8. The SMILES string of the molecule is CN(C/C(=C(\C=C/CCc1ccccc1)c1ccccc1)n1c2ccccc2c2ccc3c4ccccc4n(-c4ccccc4)c3c21)C(=NC(=N)c1ccc(-c2ccccc2)cc1)c1ccc(-c2ccccc2)cc1. The van der Waals surface area contributed by atoms with Crippen molar-refractivity contribution in [3.05, 3.63) is 295 Å². The standard InChI is InChI=1S/C70H55N5/c1-73(70(57-45-41-54(42-46-57)52-28-11-4-12-29-52)72-69(71)56-43-39-53(40-44-56)51-26-9-3-10-27-51)49-66(59(55-30-13-5-14-31-55)34-18-17-25-50-23-7-2-8-24-50)75-65-38-22-20-36-61(65)63-48-47-62-60-35-19-21-37-64(60)74(67(62)68(63)75)58-32-15-6-16-33-58/h2-16,18-24,26-48,71H,17,25,49H2,1H3/b34-18-,66-59-,71-69?,72-70?. The Morgan fingerprint density at radius 1 is 0.453 bits per heavy atom. The van der Waals surface area contributed by atoms with Gasteiger partial charge in [0.15, 0.2) is 5.84 Å².